The SMILES string of the molecule is N#CCC1(n2cc(C(N)=O)c(N[C@@H](O)C3CC3)n2)CCN(Cc2ccc(-n3nccn3)c(O)c2)CC1F. The summed E-state index contributed by atoms with van der Waals surface area (Å²) in [5.41, 5.74) is 5.49. The molecular formula is C24H28FN9O3. The predicted octanol–water partition coefficient (Wildman–Crippen LogP) is 1.26. The Morgan fingerprint density at radius 2 is 2.11 bits per heavy atom. The summed E-state index contributed by atoms with van der Waals surface area (Å²) in [6.07, 6.45) is 3.85. The molecule has 1 saturated carbocycles. The number of hydrogen-bond acceptors (Lipinski definition) is 9. The van der Waals surface area contributed by atoms with Gasteiger partial charge in [-0.15, -0.1) is 4.80 Å². The molecule has 12 nitrogen and oxygen atoms in total. The molecule has 5 rings (SSSR count). The summed E-state index contributed by atoms with van der Waals surface area (Å²) in [6, 6.07) is 7.18. The van der Waals surface area contributed by atoms with E-state index in [0.717, 1.165) is 18.4 Å². The molecule has 0 spiro atoms. The van der Waals surface area contributed by atoms with Gasteiger partial charge in [0.15, 0.2) is 5.82 Å². The highest BCUT2D eigenvalue weighted by atomic mass is 19.1. The second-order valence-electron chi connectivity index (χ2n) is 9.66. The van der Waals surface area contributed by atoms with E-state index in [4.69, 9.17) is 5.73 Å². The number of nitriles is 1. The van der Waals surface area contributed by atoms with Crippen LogP contribution in [0.15, 0.2) is 36.8 Å². The van der Waals surface area contributed by atoms with Gasteiger partial charge in [-0.3, -0.25) is 14.4 Å². The largest absolute Gasteiger partial charge is 0.506 e. The summed E-state index contributed by atoms with van der Waals surface area (Å²) in [5, 5.41) is 45.5. The Kier molecular flexibility index (Phi) is 6.53. The van der Waals surface area contributed by atoms with Crippen LogP contribution in [0.5, 0.6) is 5.75 Å². The van der Waals surface area contributed by atoms with E-state index >= 15 is 4.39 Å². The number of benzene rings is 1. The molecular weight excluding hydrogens is 481 g/mol. The summed E-state index contributed by atoms with van der Waals surface area (Å²) in [7, 11) is 0. The number of likely N-dealkylation sites (tertiary alicyclic amines) is 1. The molecule has 1 aliphatic carbocycles. The van der Waals surface area contributed by atoms with Crippen LogP contribution in [0.4, 0.5) is 10.2 Å². The number of amides is 1. The van der Waals surface area contributed by atoms with E-state index in [1.807, 2.05) is 11.0 Å². The van der Waals surface area contributed by atoms with Crippen molar-refractivity contribution in [1.29, 1.82) is 5.26 Å². The summed E-state index contributed by atoms with van der Waals surface area (Å²) in [6.45, 7) is 0.851. The second kappa shape index (κ2) is 9.79. The summed E-state index contributed by atoms with van der Waals surface area (Å²) in [5.74, 6) is -0.600. The number of primary amides is 1. The van der Waals surface area contributed by atoms with Gasteiger partial charge < -0.3 is 21.3 Å². The molecule has 5 N–H and O–H groups in total. The van der Waals surface area contributed by atoms with Crippen molar-refractivity contribution in [3.8, 4) is 17.5 Å². The van der Waals surface area contributed by atoms with Crippen LogP contribution in [0.3, 0.4) is 0 Å². The molecule has 3 heterocycles. The first-order valence-corrected chi connectivity index (χ1v) is 12.1. The first-order valence-electron chi connectivity index (χ1n) is 12.1. The van der Waals surface area contributed by atoms with Crippen LogP contribution in [0, 0.1) is 17.2 Å². The number of phenolic OH excluding ortho intramolecular Hbond substituents is 1. The molecule has 37 heavy (non-hydrogen) atoms. The fourth-order valence-corrected chi connectivity index (χ4v) is 4.81. The van der Waals surface area contributed by atoms with Crippen molar-refractivity contribution >= 4 is 11.7 Å². The van der Waals surface area contributed by atoms with Crippen LogP contribution in [-0.4, -0.2) is 71.3 Å². The van der Waals surface area contributed by atoms with Gasteiger partial charge in [0.1, 0.15) is 34.9 Å². The molecule has 0 radical (unpaired) electrons. The number of alkyl halides is 1. The first-order chi connectivity index (χ1) is 17.8. The quantitative estimate of drug-likeness (QED) is 0.310. The number of aliphatic hydroxyl groups is 1. The third kappa shape index (κ3) is 4.85. The van der Waals surface area contributed by atoms with E-state index in [-0.39, 0.29) is 42.4 Å². The van der Waals surface area contributed by atoms with E-state index < -0.39 is 23.8 Å². The zero-order chi connectivity index (χ0) is 26.2. The maximum absolute atomic E-state index is 15.9. The topological polar surface area (TPSA) is 171 Å². The van der Waals surface area contributed by atoms with Crippen LogP contribution in [0.25, 0.3) is 5.69 Å². The fourth-order valence-electron chi connectivity index (χ4n) is 4.81. The number of rotatable bonds is 9. The zero-order valence-corrected chi connectivity index (χ0v) is 20.0. The number of aromatic nitrogens is 5. The number of nitrogens with two attached hydrogens (primary N) is 1. The Labute approximate surface area is 212 Å². The van der Waals surface area contributed by atoms with E-state index in [1.165, 1.54) is 28.1 Å². The first kappa shape index (κ1) is 24.7. The van der Waals surface area contributed by atoms with Gasteiger partial charge in [-0.1, -0.05) is 6.07 Å². The minimum atomic E-state index is -1.48. The molecule has 2 aromatic heterocycles. The Morgan fingerprint density at radius 1 is 1.35 bits per heavy atom. The highest BCUT2D eigenvalue weighted by Gasteiger charge is 2.47. The molecule has 1 aliphatic heterocycles. The van der Waals surface area contributed by atoms with Crippen molar-refractivity contribution in [3.05, 3.63) is 47.9 Å². The average molecular weight is 510 g/mol. The molecule has 1 amide bonds. The van der Waals surface area contributed by atoms with E-state index in [2.05, 4.69) is 26.7 Å². The van der Waals surface area contributed by atoms with Gasteiger partial charge in [-0.25, -0.2) is 4.39 Å². The smallest absolute Gasteiger partial charge is 0.254 e. The van der Waals surface area contributed by atoms with Crippen LogP contribution >= 0.6 is 0 Å². The molecule has 13 heteroatoms. The number of aromatic hydroxyl groups is 1. The van der Waals surface area contributed by atoms with Crippen molar-refractivity contribution in [3.63, 3.8) is 0 Å². The van der Waals surface area contributed by atoms with E-state index in [0.29, 0.717) is 18.8 Å². The maximum Gasteiger partial charge on any atom is 0.254 e. The van der Waals surface area contributed by atoms with Gasteiger partial charge in [0.05, 0.1) is 24.9 Å². The number of phenols is 1. The number of piperidine rings is 1. The van der Waals surface area contributed by atoms with Gasteiger partial charge in [-0.05, 0) is 37.0 Å². The molecule has 0 bridgehead atoms. The Bertz CT molecular complexity index is 1320. The lowest BCUT2D eigenvalue weighted by molar-refractivity contribution is 0.00687. The molecule has 2 aliphatic rings. The second-order valence-corrected chi connectivity index (χ2v) is 9.66. The molecule has 2 fully saturated rings. The number of carbonyl (C=O) groups excluding carboxylic acids is 1. The lowest BCUT2D eigenvalue weighted by Gasteiger charge is -2.43. The van der Waals surface area contributed by atoms with E-state index in [1.54, 1.807) is 12.1 Å². The number of aliphatic hydroxyl groups excluding tert-OH is 1. The number of nitrogens with zero attached hydrogens (tertiary/aromatic N) is 7. The van der Waals surface area contributed by atoms with Crippen molar-refractivity contribution in [1.82, 2.24) is 29.7 Å². The van der Waals surface area contributed by atoms with E-state index in [9.17, 15) is 20.3 Å². The van der Waals surface area contributed by atoms with Gasteiger partial charge >= 0.3 is 0 Å². The molecule has 3 atom stereocenters. The zero-order valence-electron chi connectivity index (χ0n) is 20.0. The Hall–Kier alpha value is -4.02. The number of hydrogen-bond donors (Lipinski definition) is 4. The summed E-state index contributed by atoms with van der Waals surface area (Å²) < 4.78 is 17.2. The molecule has 3 aromatic rings. The Balaban J connectivity index is 1.34. The summed E-state index contributed by atoms with van der Waals surface area (Å²) >= 11 is 0. The number of halogens is 1. The lowest BCUT2D eigenvalue weighted by Crippen LogP contribution is -2.54. The minimum Gasteiger partial charge on any atom is -0.506 e. The number of carbonyl (C=O) groups is 1. The normalized spacial score (nSPS) is 22.9. The number of nitrogens with one attached hydrogen (secondary N) is 1. The maximum atomic E-state index is 15.9. The van der Waals surface area contributed by atoms with Crippen molar-refractivity contribution in [2.75, 3.05) is 18.4 Å². The van der Waals surface area contributed by atoms with Crippen LogP contribution < -0.4 is 11.1 Å². The fraction of sp³-hybridized carbons (Fsp3) is 0.458. The van der Waals surface area contributed by atoms with Crippen molar-refractivity contribution < 1.29 is 19.4 Å². The van der Waals surface area contributed by atoms with Crippen molar-refractivity contribution in [2.24, 2.45) is 11.7 Å². The predicted molar refractivity (Wildman–Crippen MR) is 129 cm³/mol. The van der Waals surface area contributed by atoms with Crippen molar-refractivity contribution in [2.45, 2.75) is 50.2 Å². The third-order valence-electron chi connectivity index (χ3n) is 7.12. The van der Waals surface area contributed by atoms with Crippen LogP contribution in [-0.2, 0) is 12.1 Å². The lowest BCUT2D eigenvalue weighted by atomic mass is 9.83. The molecule has 2 unspecified atom stereocenters. The highest BCUT2D eigenvalue weighted by Crippen LogP contribution is 2.38. The minimum absolute atomic E-state index is 0.00488. The highest BCUT2D eigenvalue weighted by molar-refractivity contribution is 5.97. The van der Waals surface area contributed by atoms with Gasteiger partial charge in [0, 0.05) is 31.7 Å². The van der Waals surface area contributed by atoms with Gasteiger partial charge in [0.25, 0.3) is 5.91 Å². The molecule has 194 valence electrons. The third-order valence-corrected chi connectivity index (χ3v) is 7.12. The van der Waals surface area contributed by atoms with Crippen LogP contribution in [0.2, 0.25) is 0 Å². The van der Waals surface area contributed by atoms with Gasteiger partial charge in [-0.2, -0.15) is 20.6 Å². The standard InChI is InChI=1S/C24H28FN9O3/c25-20-14-32(12-15-1-4-18(19(35)11-15)34-28-8-9-29-34)10-6-24(20,5-7-26)33-13-17(21(27)36)22(31-33)30-23(37)16-2-3-16/h1,4,8-9,11,13,16,20,23,35,37H,2-3,5-6,10,12,14H2,(H2,27,36)(H,30,31)/t20?,23-,24?/m0/s1. The summed E-state index contributed by atoms with van der Waals surface area (Å²) in [4.78, 5) is 15.3. The van der Waals surface area contributed by atoms with Gasteiger partial charge in [0.2, 0.25) is 0 Å². The Morgan fingerprint density at radius 3 is 2.73 bits per heavy atom. The molecule has 1 saturated heterocycles. The average Bonchev–Trinajstić information content (AvgIpc) is 3.40. The molecule has 1 aromatic carbocycles. The number of anilines is 1. The monoisotopic (exact) mass is 509 g/mol. The van der Waals surface area contributed by atoms with Crippen LogP contribution in [0.1, 0.15) is 41.6 Å².